The maximum Gasteiger partial charge on any atom is 0.179 e. The number of anilines is 1. The first-order chi connectivity index (χ1) is 17.2. The van der Waals surface area contributed by atoms with Crippen molar-refractivity contribution in [2.24, 2.45) is 0 Å². The Morgan fingerprint density at radius 3 is 2.42 bits per heavy atom. The highest BCUT2D eigenvalue weighted by atomic mass is 35.5. The summed E-state index contributed by atoms with van der Waals surface area (Å²) in [4.78, 5) is 10.6. The predicted octanol–water partition coefficient (Wildman–Crippen LogP) is 5.09. The van der Waals surface area contributed by atoms with Crippen LogP contribution in [0.15, 0.2) is 41.7 Å². The summed E-state index contributed by atoms with van der Waals surface area (Å²) in [6.45, 7) is 3.39. The van der Waals surface area contributed by atoms with Crippen LogP contribution in [0.25, 0.3) is 22.2 Å². The first-order valence-corrected chi connectivity index (χ1v) is 13.8. The van der Waals surface area contributed by atoms with E-state index in [9.17, 15) is 8.42 Å². The van der Waals surface area contributed by atoms with E-state index in [0.29, 0.717) is 55.1 Å². The molecule has 0 spiro atoms. The Bertz CT molecular complexity index is 1550. The second kappa shape index (κ2) is 9.42. The zero-order valence-corrected chi connectivity index (χ0v) is 22.1. The second-order valence-corrected chi connectivity index (χ2v) is 11.4. The van der Waals surface area contributed by atoms with E-state index in [1.807, 2.05) is 11.8 Å². The number of hydrogen-bond donors (Lipinski definition) is 1. The number of H-pyrrole nitrogens is 1. The summed E-state index contributed by atoms with van der Waals surface area (Å²) in [7, 11) is -1.97. The molecule has 188 valence electrons. The molecule has 0 saturated carbocycles. The molecule has 1 aliphatic rings. The molecule has 1 unspecified atom stereocenters. The molecule has 1 aliphatic heterocycles. The smallest absolute Gasteiger partial charge is 0.179 e. The number of benzene rings is 1. The first-order valence-electron chi connectivity index (χ1n) is 11.1. The van der Waals surface area contributed by atoms with Crippen LogP contribution < -0.4 is 14.4 Å². The zero-order chi connectivity index (χ0) is 25.6. The molecular weight excluding hydrogens is 525 g/mol. The highest BCUT2D eigenvalue weighted by Gasteiger charge is 2.26. The lowest BCUT2D eigenvalue weighted by atomic mass is 10.1. The van der Waals surface area contributed by atoms with Crippen molar-refractivity contribution in [1.82, 2.24) is 20.2 Å². The molecule has 12 heteroatoms. The van der Waals surface area contributed by atoms with Crippen molar-refractivity contribution in [3.05, 3.63) is 52.4 Å². The highest BCUT2D eigenvalue weighted by Crippen LogP contribution is 2.40. The van der Waals surface area contributed by atoms with E-state index in [-0.39, 0.29) is 4.90 Å². The Labute approximate surface area is 218 Å². The monoisotopic (exact) mass is 547 g/mol. The van der Waals surface area contributed by atoms with Crippen LogP contribution in [0.1, 0.15) is 25.0 Å². The third kappa shape index (κ3) is 4.44. The summed E-state index contributed by atoms with van der Waals surface area (Å²) in [5, 5.41) is 8.92. The number of hydrogen-bond acceptors (Lipinski definition) is 8. The number of ether oxygens (including phenoxy) is 2. The normalized spacial score (nSPS) is 14.5. The number of fused-ring (bicyclic) bond motifs is 1. The standard InChI is InChI=1S/C24H23Cl2N5O4S/c1-13(22-16(25)11-27-12-17(22)26)35-20-8-15-18(9-19(20)34-2)29-30-23(15)14-7-21(36(3,32)33)24(28-10-14)31-5-4-6-31/h7-13H,4-6H2,1-3H3,(H,29,30). The molecule has 0 radical (unpaired) electrons. The highest BCUT2D eigenvalue weighted by molar-refractivity contribution is 7.90. The molecule has 1 aromatic carbocycles. The minimum Gasteiger partial charge on any atom is -0.493 e. The lowest BCUT2D eigenvalue weighted by Crippen LogP contribution is -2.38. The number of pyridine rings is 2. The van der Waals surface area contributed by atoms with Crippen LogP contribution in [0.3, 0.4) is 0 Å². The van der Waals surface area contributed by atoms with E-state index in [4.69, 9.17) is 32.7 Å². The van der Waals surface area contributed by atoms with Gasteiger partial charge in [0.2, 0.25) is 0 Å². The van der Waals surface area contributed by atoms with Crippen molar-refractivity contribution >= 4 is 49.8 Å². The minimum absolute atomic E-state index is 0.177. The molecule has 9 nitrogen and oxygen atoms in total. The van der Waals surface area contributed by atoms with Gasteiger partial charge < -0.3 is 14.4 Å². The summed E-state index contributed by atoms with van der Waals surface area (Å²) < 4.78 is 36.9. The summed E-state index contributed by atoms with van der Waals surface area (Å²) in [5.41, 5.74) is 2.40. The summed E-state index contributed by atoms with van der Waals surface area (Å²) in [6.07, 6.45) is 6.34. The van der Waals surface area contributed by atoms with E-state index in [2.05, 4.69) is 20.2 Å². The lowest BCUT2D eigenvalue weighted by molar-refractivity contribution is 0.216. The van der Waals surface area contributed by atoms with Gasteiger partial charge in [0.1, 0.15) is 22.5 Å². The molecular formula is C24H23Cl2N5O4S. The topological polar surface area (TPSA) is 110 Å². The molecule has 4 aromatic rings. The van der Waals surface area contributed by atoms with Crippen molar-refractivity contribution in [3.8, 4) is 22.8 Å². The molecule has 36 heavy (non-hydrogen) atoms. The molecule has 3 aromatic heterocycles. The van der Waals surface area contributed by atoms with Crippen LogP contribution >= 0.6 is 23.2 Å². The van der Waals surface area contributed by atoms with Crippen LogP contribution in [0.4, 0.5) is 5.82 Å². The molecule has 1 atom stereocenters. The molecule has 1 saturated heterocycles. The maximum atomic E-state index is 12.6. The van der Waals surface area contributed by atoms with Gasteiger partial charge in [-0.1, -0.05) is 23.2 Å². The lowest BCUT2D eigenvalue weighted by Gasteiger charge is -2.33. The zero-order valence-electron chi connectivity index (χ0n) is 19.7. The van der Waals surface area contributed by atoms with Gasteiger partial charge in [-0.05, 0) is 25.5 Å². The number of aromatic nitrogens is 4. The second-order valence-electron chi connectivity index (χ2n) is 8.56. The number of halogens is 2. The Morgan fingerprint density at radius 2 is 1.81 bits per heavy atom. The van der Waals surface area contributed by atoms with Crippen LogP contribution in [-0.4, -0.2) is 55.0 Å². The van der Waals surface area contributed by atoms with Crippen molar-refractivity contribution < 1.29 is 17.9 Å². The third-order valence-electron chi connectivity index (χ3n) is 6.11. The van der Waals surface area contributed by atoms with Gasteiger partial charge >= 0.3 is 0 Å². The Morgan fingerprint density at radius 1 is 1.08 bits per heavy atom. The SMILES string of the molecule is COc1cc2[nH]nc(-c3cnc(N4CCC4)c(S(C)(=O)=O)c3)c2cc1OC(C)c1c(Cl)cncc1Cl. The van der Waals surface area contributed by atoms with Gasteiger partial charge in [-0.2, -0.15) is 5.10 Å². The Balaban J connectivity index is 1.58. The van der Waals surface area contributed by atoms with Crippen LogP contribution in [0, 0.1) is 0 Å². The fourth-order valence-corrected chi connectivity index (χ4v) is 5.69. The van der Waals surface area contributed by atoms with Crippen LogP contribution in [0.5, 0.6) is 11.5 Å². The number of nitrogens with one attached hydrogen (secondary N) is 1. The van der Waals surface area contributed by atoms with Gasteiger partial charge in [0, 0.05) is 60.5 Å². The molecule has 0 bridgehead atoms. The van der Waals surface area contributed by atoms with Gasteiger partial charge in [0.05, 0.1) is 22.7 Å². The molecule has 5 rings (SSSR count). The van der Waals surface area contributed by atoms with E-state index in [1.165, 1.54) is 18.6 Å². The summed E-state index contributed by atoms with van der Waals surface area (Å²) >= 11 is 12.6. The van der Waals surface area contributed by atoms with E-state index >= 15 is 0 Å². The maximum absolute atomic E-state index is 12.6. The van der Waals surface area contributed by atoms with E-state index in [0.717, 1.165) is 19.5 Å². The molecule has 1 N–H and O–H groups in total. The average molecular weight is 548 g/mol. The van der Waals surface area contributed by atoms with Crippen molar-refractivity contribution in [2.75, 3.05) is 31.4 Å². The fraction of sp³-hybridized carbons (Fsp3) is 0.292. The van der Waals surface area contributed by atoms with E-state index < -0.39 is 15.9 Å². The van der Waals surface area contributed by atoms with Crippen LogP contribution in [-0.2, 0) is 9.84 Å². The number of nitrogens with zero attached hydrogens (tertiary/aromatic N) is 4. The van der Waals surface area contributed by atoms with Crippen LogP contribution in [0.2, 0.25) is 10.0 Å². The summed E-state index contributed by atoms with van der Waals surface area (Å²) in [5.74, 6) is 1.39. The molecule has 0 amide bonds. The van der Waals surface area contributed by atoms with Gasteiger partial charge in [0.15, 0.2) is 21.3 Å². The number of sulfone groups is 1. The van der Waals surface area contributed by atoms with Crippen molar-refractivity contribution in [2.45, 2.75) is 24.3 Å². The number of methoxy groups -OCH3 is 1. The molecule has 4 heterocycles. The largest absolute Gasteiger partial charge is 0.493 e. The van der Waals surface area contributed by atoms with Crippen molar-refractivity contribution in [3.63, 3.8) is 0 Å². The number of rotatable bonds is 7. The quantitative estimate of drug-likeness (QED) is 0.340. The predicted molar refractivity (Wildman–Crippen MR) is 139 cm³/mol. The van der Waals surface area contributed by atoms with E-state index in [1.54, 1.807) is 31.5 Å². The third-order valence-corrected chi connectivity index (χ3v) is 7.81. The molecule has 1 fully saturated rings. The average Bonchev–Trinajstić information content (AvgIpc) is 3.19. The number of aromatic amines is 1. The van der Waals surface area contributed by atoms with Gasteiger partial charge in [-0.25, -0.2) is 13.4 Å². The Kier molecular flexibility index (Phi) is 6.44. The first kappa shape index (κ1) is 24.6. The fourth-order valence-electron chi connectivity index (χ4n) is 4.16. The minimum atomic E-state index is -3.51. The van der Waals surface area contributed by atoms with Gasteiger partial charge in [-0.15, -0.1) is 0 Å². The van der Waals surface area contributed by atoms with Crippen molar-refractivity contribution in [1.29, 1.82) is 0 Å². The van der Waals surface area contributed by atoms with Gasteiger partial charge in [0.25, 0.3) is 0 Å². The van der Waals surface area contributed by atoms with Gasteiger partial charge in [-0.3, -0.25) is 10.1 Å². The molecule has 0 aliphatic carbocycles. The summed E-state index contributed by atoms with van der Waals surface area (Å²) in [6, 6.07) is 5.18. The Hall–Kier alpha value is -3.08.